The van der Waals surface area contributed by atoms with Gasteiger partial charge < -0.3 is 108 Å². The third-order valence-corrected chi connectivity index (χ3v) is 17.4. The summed E-state index contributed by atoms with van der Waals surface area (Å²) in [4.78, 5) is 240. The second-order valence-electron chi connectivity index (χ2n) is 35.9. The van der Waals surface area contributed by atoms with Crippen molar-refractivity contribution in [2.45, 2.75) is 344 Å². The maximum absolute atomic E-state index is 15.4. The van der Waals surface area contributed by atoms with E-state index in [0.29, 0.717) is 12.8 Å². The minimum atomic E-state index is -1.87. The third kappa shape index (κ3) is 48.4. The highest BCUT2D eigenvalue weighted by Gasteiger charge is 2.40. The second kappa shape index (κ2) is 51.2. The van der Waals surface area contributed by atoms with Crippen molar-refractivity contribution < 1.29 is 120 Å². The molecule has 38 heteroatoms. The predicted molar refractivity (Wildman–Crippen MR) is 437 cm³/mol. The zero-order chi connectivity index (χ0) is 91.3. The summed E-state index contributed by atoms with van der Waals surface area (Å²) in [5, 5.41) is 56.1. The van der Waals surface area contributed by atoms with Crippen LogP contribution in [0.4, 0.5) is 24.0 Å². The standard InChI is InChI=1S/C81H141N13O25/c1-24-25-47(6)114-63(101)27-26-62(100)88-53(30-36-84-73(110)116-78(12,13)14)61(99)44-52(48(7)95)67(104)89-54(31-37-85-74(111)117-79(15,16)17)59(97)42-50-28-34-82-71(108)64(49(8)96)94-66(103)51(29-35-83-72(109)115-77(9,10)11)43-60(98)55(32-38-86-75(112)118-80(18,19)20)90-69(106)57(40-45(2)3)93-70(107)58(41-46(4)5)92-68(105)56(91-65(50)102)33-39-87-76(113)119-81(21,22)23/h45-58,64,95-96H,24-44H2,1-23H3,(H,82,108)(H,83,109)(H,84,110)(H,85,111)(H,86,112)(H,87,113)(H,88,100)(H,89,104)(H,90,106)(H,91,102)(H,92,105)(H,93,107)(H,94,103)/t47?,48?,49?,50-,51-,52+,53+,54+,55+,56+,57+,58-,64+/m1/s1. The average molecular weight is 1700 g/mol. The van der Waals surface area contributed by atoms with E-state index in [9.17, 15) is 77.3 Å². The number of aliphatic hydroxyl groups is 2. The molecule has 0 aliphatic carbocycles. The van der Waals surface area contributed by atoms with Gasteiger partial charge in [0.2, 0.25) is 47.3 Å². The third-order valence-electron chi connectivity index (χ3n) is 17.4. The van der Waals surface area contributed by atoms with Crippen molar-refractivity contribution >= 4 is 101 Å². The van der Waals surface area contributed by atoms with Crippen molar-refractivity contribution in [2.75, 3.05) is 39.3 Å². The van der Waals surface area contributed by atoms with Crippen molar-refractivity contribution in [3.8, 4) is 0 Å². The van der Waals surface area contributed by atoms with E-state index >= 15 is 14.4 Å². The summed E-state index contributed by atoms with van der Waals surface area (Å²) in [6.45, 7) is 34.5. The number of ketones is 3. The number of nitrogens with one attached hydrogen (secondary N) is 13. The summed E-state index contributed by atoms with van der Waals surface area (Å²) in [5.74, 6) is -17.0. The summed E-state index contributed by atoms with van der Waals surface area (Å²) in [7, 11) is 0. The van der Waals surface area contributed by atoms with Gasteiger partial charge in [0.15, 0.2) is 17.3 Å². The highest BCUT2D eigenvalue weighted by molar-refractivity contribution is 5.99. The van der Waals surface area contributed by atoms with Crippen molar-refractivity contribution in [3.05, 3.63) is 0 Å². The lowest BCUT2D eigenvalue weighted by Gasteiger charge is -2.29. The fourth-order valence-corrected chi connectivity index (χ4v) is 11.8. The normalized spacial score (nSPS) is 20.2. The molecule has 0 aromatic heterocycles. The van der Waals surface area contributed by atoms with Crippen LogP contribution in [0, 0.1) is 29.6 Å². The number of hydrogen-bond donors (Lipinski definition) is 15. The first-order valence-corrected chi connectivity index (χ1v) is 41.1. The number of aliphatic hydroxyl groups excluding tert-OH is 2. The molecule has 1 heterocycles. The van der Waals surface area contributed by atoms with Gasteiger partial charge in [0.25, 0.3) is 0 Å². The number of alkyl carbamates (subject to hydrolysis) is 5. The van der Waals surface area contributed by atoms with Crippen LogP contribution in [0.2, 0.25) is 0 Å². The highest BCUT2D eigenvalue weighted by atomic mass is 16.6. The monoisotopic (exact) mass is 1700 g/mol. The summed E-state index contributed by atoms with van der Waals surface area (Å²) in [5.41, 5.74) is -4.91. The zero-order valence-corrected chi connectivity index (χ0v) is 74.3. The minimum absolute atomic E-state index is 0.0806. The largest absolute Gasteiger partial charge is 0.463 e. The van der Waals surface area contributed by atoms with Crippen LogP contribution in [0.5, 0.6) is 0 Å². The molecule has 0 bridgehead atoms. The van der Waals surface area contributed by atoms with Gasteiger partial charge in [-0.25, -0.2) is 24.0 Å². The Bertz CT molecular complexity index is 3390. The molecular formula is C81H141N13O25. The molecule has 0 radical (unpaired) electrons. The SMILES string of the molecule is CCCC(C)OC(=O)CCC(=O)N[C@@H](CCNC(=O)OC(C)(C)C)C(=O)C[C@H](C(=O)N[C@@H](CCNC(=O)OC(C)(C)C)C(=O)C[C@H]1CCNC(=O)[C@H](C(C)O)NC(=O)[C@H](CCNC(=O)OC(C)(C)C)CC(=O)[C@H](CCNC(=O)OC(C)(C)C)NC(=O)[C@H](CC(C)C)NC(=O)[C@@H](CC(C)C)NC(=O)[C@H](CCNC(=O)OC(C)(C)C)NC1=O)C(C)O. The van der Waals surface area contributed by atoms with E-state index in [1.165, 1.54) is 0 Å². The van der Waals surface area contributed by atoms with Gasteiger partial charge >= 0.3 is 36.4 Å². The van der Waals surface area contributed by atoms with Crippen molar-refractivity contribution in [2.24, 2.45) is 29.6 Å². The number of hydrogen-bond acceptors (Lipinski definition) is 25. The Morgan fingerprint density at radius 2 is 0.832 bits per heavy atom. The molecule has 680 valence electrons. The predicted octanol–water partition coefficient (Wildman–Crippen LogP) is 4.57. The number of esters is 1. The van der Waals surface area contributed by atoms with Crippen LogP contribution in [0.3, 0.4) is 0 Å². The summed E-state index contributed by atoms with van der Waals surface area (Å²) in [6.07, 6.45) is -13.1. The molecule has 119 heavy (non-hydrogen) atoms. The highest BCUT2D eigenvalue weighted by Crippen LogP contribution is 2.22. The maximum atomic E-state index is 15.4. The number of amides is 13. The van der Waals surface area contributed by atoms with Crippen LogP contribution in [0.1, 0.15) is 256 Å². The smallest absolute Gasteiger partial charge is 0.407 e. The van der Waals surface area contributed by atoms with Gasteiger partial charge in [0.05, 0.1) is 48.8 Å². The van der Waals surface area contributed by atoms with E-state index in [2.05, 4.69) is 69.1 Å². The van der Waals surface area contributed by atoms with Crippen molar-refractivity contribution in [3.63, 3.8) is 0 Å². The lowest BCUT2D eigenvalue weighted by Crippen LogP contribution is -2.59. The molecule has 1 aliphatic rings. The molecule has 13 atom stereocenters. The molecular weight excluding hydrogens is 1550 g/mol. The van der Waals surface area contributed by atoms with E-state index in [4.69, 9.17) is 28.4 Å². The van der Waals surface area contributed by atoms with Crippen LogP contribution < -0.4 is 69.1 Å². The molecule has 1 aliphatic heterocycles. The lowest BCUT2D eigenvalue weighted by molar-refractivity contribution is -0.149. The number of carbonyl (C=O) groups excluding carboxylic acids is 17. The molecule has 1 fully saturated rings. The number of ether oxygens (including phenoxy) is 6. The van der Waals surface area contributed by atoms with Gasteiger partial charge in [0.1, 0.15) is 52.2 Å². The Morgan fingerprint density at radius 3 is 1.24 bits per heavy atom. The fourth-order valence-electron chi connectivity index (χ4n) is 11.8. The molecule has 0 aromatic rings. The Kier molecular flexibility index (Phi) is 46.3. The topological polar surface area (TPSA) is 542 Å². The van der Waals surface area contributed by atoms with Gasteiger partial charge in [-0.2, -0.15) is 0 Å². The fraction of sp³-hybridized carbons (Fsp3) is 0.790. The first kappa shape index (κ1) is 108. The number of rotatable bonds is 36. The van der Waals surface area contributed by atoms with Gasteiger partial charge in [-0.1, -0.05) is 41.0 Å². The molecule has 3 unspecified atom stereocenters. The summed E-state index contributed by atoms with van der Waals surface area (Å²) >= 11 is 0. The van der Waals surface area contributed by atoms with Gasteiger partial charge in [-0.3, -0.25) is 57.5 Å². The van der Waals surface area contributed by atoms with E-state index in [-0.39, 0.29) is 70.0 Å². The Hall–Kier alpha value is -9.49. The lowest BCUT2D eigenvalue weighted by atomic mass is 9.90. The van der Waals surface area contributed by atoms with Crippen LogP contribution in [-0.4, -0.2) is 239 Å². The summed E-state index contributed by atoms with van der Waals surface area (Å²) in [6, 6.07) is -11.3. The van der Waals surface area contributed by atoms with Crippen molar-refractivity contribution in [1.82, 2.24) is 69.1 Å². The zero-order valence-electron chi connectivity index (χ0n) is 74.3. The first-order valence-electron chi connectivity index (χ1n) is 41.1. The van der Waals surface area contributed by atoms with Crippen LogP contribution in [0.15, 0.2) is 0 Å². The molecule has 13 amide bonds. The van der Waals surface area contributed by atoms with Gasteiger partial charge in [0, 0.05) is 76.8 Å². The maximum Gasteiger partial charge on any atom is 0.407 e. The quantitative estimate of drug-likeness (QED) is 0.0302. The average Bonchev–Trinajstić information content (AvgIpc) is 1.35. The number of Topliss-reactive ketones (excluding diaryl/α,β-unsaturated/α-hetero) is 3. The number of carbonyl (C=O) groups is 17. The molecule has 38 nitrogen and oxygen atoms in total. The van der Waals surface area contributed by atoms with Crippen molar-refractivity contribution in [1.29, 1.82) is 0 Å². The molecule has 1 saturated heterocycles. The Labute approximate surface area is 700 Å². The Balaban J connectivity index is 4.49. The minimum Gasteiger partial charge on any atom is -0.463 e. The molecule has 0 aromatic carbocycles. The van der Waals surface area contributed by atoms with Gasteiger partial charge in [-0.15, -0.1) is 0 Å². The van der Waals surface area contributed by atoms with E-state index in [1.54, 1.807) is 138 Å². The second-order valence-corrected chi connectivity index (χ2v) is 35.9. The summed E-state index contributed by atoms with van der Waals surface area (Å²) < 4.78 is 32.3. The van der Waals surface area contributed by atoms with E-state index in [0.717, 1.165) is 13.8 Å². The van der Waals surface area contributed by atoms with Gasteiger partial charge in [-0.05, 0) is 194 Å². The Morgan fingerprint density at radius 1 is 0.445 bits per heavy atom. The van der Waals surface area contributed by atoms with Crippen LogP contribution >= 0.6 is 0 Å². The molecule has 0 spiro atoms. The molecule has 15 N–H and O–H groups in total. The molecule has 0 saturated carbocycles. The first-order chi connectivity index (χ1) is 54.8. The van der Waals surface area contributed by atoms with E-state index in [1.807, 2.05) is 6.92 Å². The van der Waals surface area contributed by atoms with Crippen LogP contribution in [0.25, 0.3) is 0 Å². The van der Waals surface area contributed by atoms with E-state index < -0.39 is 272 Å². The van der Waals surface area contributed by atoms with Crippen LogP contribution in [-0.2, 0) is 86.0 Å². The molecule has 1 rings (SSSR count).